The molecule has 28 heavy (non-hydrogen) atoms. The van der Waals surface area contributed by atoms with Gasteiger partial charge in [-0.3, -0.25) is 9.59 Å². The molecule has 0 saturated heterocycles. The van der Waals surface area contributed by atoms with E-state index >= 15 is 0 Å². The number of nitrogens with two attached hydrogens (primary N) is 1. The molecule has 0 spiro atoms. The molecule has 0 radical (unpaired) electrons. The van der Waals surface area contributed by atoms with Crippen LogP contribution in [-0.4, -0.2) is 36.7 Å². The lowest BCUT2D eigenvalue weighted by atomic mass is 10.1. The van der Waals surface area contributed by atoms with Crippen LogP contribution < -0.4 is 5.73 Å². The number of primary amides is 1. The van der Waals surface area contributed by atoms with Crippen LogP contribution in [0.4, 0.5) is 0 Å². The van der Waals surface area contributed by atoms with Gasteiger partial charge in [-0.25, -0.2) is 9.97 Å². The smallest absolute Gasteiger partial charge is 0.271 e. The molecule has 10 heteroatoms. The minimum absolute atomic E-state index is 0.0290. The van der Waals surface area contributed by atoms with Crippen molar-refractivity contribution in [1.82, 2.24) is 25.0 Å². The molecular weight excluding hydrogens is 380 g/mol. The van der Waals surface area contributed by atoms with Gasteiger partial charge in [-0.2, -0.15) is 9.90 Å². The van der Waals surface area contributed by atoms with Gasteiger partial charge >= 0.3 is 0 Å². The van der Waals surface area contributed by atoms with E-state index in [4.69, 9.17) is 10.2 Å². The highest BCUT2D eigenvalue weighted by molar-refractivity contribution is 7.11. The fourth-order valence-corrected chi connectivity index (χ4v) is 3.25. The highest BCUT2D eigenvalue weighted by atomic mass is 32.1. The van der Waals surface area contributed by atoms with Gasteiger partial charge in [0.15, 0.2) is 27.9 Å². The molecule has 0 unspecified atom stereocenters. The summed E-state index contributed by atoms with van der Waals surface area (Å²) in [6.45, 7) is 1.76. The van der Waals surface area contributed by atoms with E-state index < -0.39 is 5.91 Å². The second-order valence-corrected chi connectivity index (χ2v) is 6.75. The summed E-state index contributed by atoms with van der Waals surface area (Å²) >= 11 is 1.27. The van der Waals surface area contributed by atoms with E-state index in [9.17, 15) is 9.59 Å². The number of Topliss-reactive ketones (excluding diaryl/α,β-unsaturated/α-hetero) is 1. The van der Waals surface area contributed by atoms with Crippen molar-refractivity contribution in [3.63, 3.8) is 0 Å². The molecule has 0 aliphatic carbocycles. The highest BCUT2D eigenvalue weighted by Gasteiger charge is 2.22. The van der Waals surface area contributed by atoms with Crippen LogP contribution in [0, 0.1) is 0 Å². The third kappa shape index (κ3) is 3.45. The highest BCUT2D eigenvalue weighted by Crippen LogP contribution is 2.28. The molecule has 0 aliphatic heterocycles. The Bertz CT molecular complexity index is 1160. The van der Waals surface area contributed by atoms with E-state index in [-0.39, 0.29) is 23.1 Å². The number of rotatable bonds is 6. The second-order valence-electron chi connectivity index (χ2n) is 5.89. The first-order chi connectivity index (χ1) is 13.5. The monoisotopic (exact) mass is 394 g/mol. The van der Waals surface area contributed by atoms with Gasteiger partial charge in [-0.15, -0.1) is 16.4 Å². The maximum Gasteiger partial charge on any atom is 0.271 e. The van der Waals surface area contributed by atoms with E-state index in [1.807, 2.05) is 18.2 Å². The number of hydrogen-bond donors (Lipinski definition) is 1. The number of carbonyl (C=O) groups is 2. The Morgan fingerprint density at radius 2 is 2.00 bits per heavy atom. The van der Waals surface area contributed by atoms with Crippen LogP contribution >= 0.6 is 11.3 Å². The summed E-state index contributed by atoms with van der Waals surface area (Å²) in [6, 6.07) is 9.08. The van der Waals surface area contributed by atoms with Crippen LogP contribution in [0.5, 0.6) is 0 Å². The number of hydrogen-bond acceptors (Lipinski definition) is 8. The number of amides is 1. The quantitative estimate of drug-likeness (QED) is 0.497. The SMILES string of the molecule is CC(=O)c1nc(Cn2ncc(-c3nc(C(N)=O)c(-c4ccccc4)o3)n2)cs1. The van der Waals surface area contributed by atoms with Gasteiger partial charge in [0.05, 0.1) is 11.9 Å². The zero-order valence-corrected chi connectivity index (χ0v) is 15.5. The average molecular weight is 394 g/mol. The standard InChI is InChI=1S/C18H14N6O3S/c1-10(25)18-21-12(9-28-18)8-24-20-7-13(23-24)17-22-14(16(19)26)15(27-17)11-5-3-2-4-6-11/h2-7,9H,8H2,1H3,(H2,19,26). The first-order valence-corrected chi connectivity index (χ1v) is 9.11. The Kier molecular flexibility index (Phi) is 4.53. The third-order valence-electron chi connectivity index (χ3n) is 3.81. The largest absolute Gasteiger partial charge is 0.434 e. The lowest BCUT2D eigenvalue weighted by Crippen LogP contribution is -2.12. The van der Waals surface area contributed by atoms with Crippen LogP contribution in [0.25, 0.3) is 22.9 Å². The maximum atomic E-state index is 11.8. The van der Waals surface area contributed by atoms with Crippen molar-refractivity contribution >= 4 is 23.0 Å². The van der Waals surface area contributed by atoms with Crippen molar-refractivity contribution in [3.05, 3.63) is 58.3 Å². The summed E-state index contributed by atoms with van der Waals surface area (Å²) < 4.78 is 5.76. The molecule has 1 aromatic carbocycles. The molecule has 4 aromatic rings. The van der Waals surface area contributed by atoms with Gasteiger partial charge in [-0.1, -0.05) is 30.3 Å². The zero-order valence-electron chi connectivity index (χ0n) is 14.7. The number of aromatic nitrogens is 5. The first kappa shape index (κ1) is 17.7. The predicted octanol–water partition coefficient (Wildman–Crippen LogP) is 2.41. The lowest BCUT2D eigenvalue weighted by Gasteiger charge is -1.97. The number of oxazole rings is 1. The summed E-state index contributed by atoms with van der Waals surface area (Å²) in [7, 11) is 0. The summed E-state index contributed by atoms with van der Waals surface area (Å²) in [5.74, 6) is -0.358. The Hall–Kier alpha value is -3.66. The molecule has 2 N–H and O–H groups in total. The summed E-state index contributed by atoms with van der Waals surface area (Å²) in [5.41, 5.74) is 7.18. The molecule has 0 aliphatic rings. The van der Waals surface area contributed by atoms with E-state index in [2.05, 4.69) is 20.2 Å². The molecule has 0 fully saturated rings. The average Bonchev–Trinajstić information content (AvgIpc) is 3.42. The van der Waals surface area contributed by atoms with Crippen molar-refractivity contribution < 1.29 is 14.0 Å². The molecule has 140 valence electrons. The fourth-order valence-electron chi connectivity index (χ4n) is 2.54. The topological polar surface area (TPSA) is 130 Å². The Labute approximate surface area is 162 Å². The van der Waals surface area contributed by atoms with Crippen LogP contribution in [0.2, 0.25) is 0 Å². The van der Waals surface area contributed by atoms with Gasteiger partial charge < -0.3 is 10.2 Å². The van der Waals surface area contributed by atoms with Gasteiger partial charge in [0.2, 0.25) is 5.89 Å². The summed E-state index contributed by atoms with van der Waals surface area (Å²) in [4.78, 5) is 33.0. The Morgan fingerprint density at radius 3 is 2.68 bits per heavy atom. The van der Waals surface area contributed by atoms with Gasteiger partial charge in [0.25, 0.3) is 5.91 Å². The number of benzene rings is 1. The van der Waals surface area contributed by atoms with Gasteiger partial charge in [-0.05, 0) is 0 Å². The van der Waals surface area contributed by atoms with E-state index in [0.717, 1.165) is 0 Å². The molecule has 1 amide bonds. The van der Waals surface area contributed by atoms with Crippen LogP contribution in [0.1, 0.15) is 32.9 Å². The van der Waals surface area contributed by atoms with E-state index in [0.29, 0.717) is 28.5 Å². The van der Waals surface area contributed by atoms with Crippen molar-refractivity contribution in [2.45, 2.75) is 13.5 Å². The van der Waals surface area contributed by atoms with E-state index in [1.54, 1.807) is 17.5 Å². The van der Waals surface area contributed by atoms with Gasteiger partial charge in [0.1, 0.15) is 6.54 Å². The Balaban J connectivity index is 1.63. The predicted molar refractivity (Wildman–Crippen MR) is 101 cm³/mol. The molecule has 0 saturated carbocycles. The second kappa shape index (κ2) is 7.16. The number of thiazole rings is 1. The van der Waals surface area contributed by atoms with E-state index in [1.165, 1.54) is 29.3 Å². The molecule has 3 heterocycles. The number of ketones is 1. The van der Waals surface area contributed by atoms with Crippen LogP contribution in [-0.2, 0) is 6.54 Å². The normalized spacial score (nSPS) is 10.9. The lowest BCUT2D eigenvalue weighted by molar-refractivity contribution is 0.0993. The fraction of sp³-hybridized carbons (Fsp3) is 0.111. The first-order valence-electron chi connectivity index (χ1n) is 8.23. The minimum Gasteiger partial charge on any atom is -0.434 e. The van der Waals surface area contributed by atoms with Crippen LogP contribution in [0.15, 0.2) is 46.3 Å². The summed E-state index contributed by atoms with van der Waals surface area (Å²) in [6.07, 6.45) is 1.48. The van der Waals surface area contributed by atoms with Crippen LogP contribution in [0.3, 0.4) is 0 Å². The van der Waals surface area contributed by atoms with Crippen molar-refractivity contribution in [1.29, 1.82) is 0 Å². The molecule has 0 atom stereocenters. The number of nitrogens with zero attached hydrogens (tertiary/aromatic N) is 5. The number of carbonyl (C=O) groups excluding carboxylic acids is 2. The molecular formula is C18H14N6O3S. The van der Waals surface area contributed by atoms with Crippen molar-refractivity contribution in [2.24, 2.45) is 5.73 Å². The van der Waals surface area contributed by atoms with Crippen molar-refractivity contribution in [2.75, 3.05) is 0 Å². The minimum atomic E-state index is -0.694. The molecule has 0 bridgehead atoms. The molecule has 9 nitrogen and oxygen atoms in total. The maximum absolute atomic E-state index is 11.8. The summed E-state index contributed by atoms with van der Waals surface area (Å²) in [5, 5.41) is 10.7. The molecule has 3 aromatic heterocycles. The zero-order chi connectivity index (χ0) is 19.7. The third-order valence-corrected chi connectivity index (χ3v) is 4.80. The molecule has 4 rings (SSSR count). The Morgan fingerprint density at radius 1 is 1.21 bits per heavy atom. The van der Waals surface area contributed by atoms with Crippen molar-refractivity contribution in [3.8, 4) is 22.9 Å². The van der Waals surface area contributed by atoms with Gasteiger partial charge in [0, 0.05) is 17.9 Å².